The Morgan fingerprint density at radius 2 is 2.45 bits per heavy atom. The van der Waals surface area contributed by atoms with Crippen LogP contribution in [0.25, 0.3) is 0 Å². The number of halogens is 1. The number of piperidine rings is 1. The van der Waals surface area contributed by atoms with Crippen molar-refractivity contribution in [1.29, 1.82) is 0 Å². The molecule has 1 aromatic heterocycles. The molecule has 1 N–H and O–H groups in total. The van der Waals surface area contributed by atoms with Gasteiger partial charge in [-0.25, -0.2) is 0 Å². The first-order chi connectivity index (χ1) is 9.20. The Balaban J connectivity index is 0.00000200. The van der Waals surface area contributed by atoms with Gasteiger partial charge in [-0.3, -0.25) is 4.79 Å². The van der Waals surface area contributed by atoms with Crippen molar-refractivity contribution in [2.45, 2.75) is 32.4 Å². The van der Waals surface area contributed by atoms with Crippen molar-refractivity contribution in [2.24, 2.45) is 5.92 Å². The van der Waals surface area contributed by atoms with E-state index in [4.69, 9.17) is 0 Å². The molecule has 0 aliphatic carbocycles. The molecule has 2 atom stereocenters. The third-order valence-corrected chi connectivity index (χ3v) is 4.42. The number of rotatable bonds is 5. The van der Waals surface area contributed by atoms with E-state index in [1.54, 1.807) is 11.3 Å². The summed E-state index contributed by atoms with van der Waals surface area (Å²) in [7, 11) is 0. The Morgan fingerprint density at radius 1 is 1.65 bits per heavy atom. The Labute approximate surface area is 131 Å². The topological polar surface area (TPSA) is 32.3 Å². The van der Waals surface area contributed by atoms with Crippen LogP contribution in [0, 0.1) is 5.92 Å². The Morgan fingerprint density at radius 3 is 3.05 bits per heavy atom. The molecule has 1 fully saturated rings. The Bertz CT molecular complexity index is 422. The molecule has 0 spiro atoms. The largest absolute Gasteiger partial charge is 0.334 e. The predicted octanol–water partition coefficient (Wildman–Crippen LogP) is 3.07. The molecule has 0 radical (unpaired) electrons. The van der Waals surface area contributed by atoms with Crippen LogP contribution in [-0.2, 0) is 11.3 Å². The minimum absolute atomic E-state index is 0. The molecule has 3 nitrogen and oxygen atoms in total. The molecule has 1 aliphatic rings. The monoisotopic (exact) mass is 314 g/mol. The lowest BCUT2D eigenvalue weighted by Crippen LogP contribution is -2.44. The van der Waals surface area contributed by atoms with E-state index in [9.17, 15) is 4.79 Å². The van der Waals surface area contributed by atoms with Gasteiger partial charge in [0.05, 0.1) is 6.54 Å². The molecule has 2 heterocycles. The van der Waals surface area contributed by atoms with Crippen LogP contribution in [0.1, 0.15) is 24.6 Å². The molecule has 1 aromatic rings. The fourth-order valence-corrected chi connectivity index (χ4v) is 3.31. The quantitative estimate of drug-likeness (QED) is 0.847. The summed E-state index contributed by atoms with van der Waals surface area (Å²) in [6.45, 7) is 8.20. The number of hydrogen-bond acceptors (Lipinski definition) is 3. The third-order valence-electron chi connectivity index (χ3n) is 3.56. The molecule has 1 saturated heterocycles. The highest BCUT2D eigenvalue weighted by Crippen LogP contribution is 2.21. The number of amides is 1. The van der Waals surface area contributed by atoms with Crippen LogP contribution in [-0.4, -0.2) is 29.9 Å². The molecular formula is C15H23ClN2OS. The number of carbonyl (C=O) groups is 1. The van der Waals surface area contributed by atoms with Gasteiger partial charge in [0.2, 0.25) is 5.91 Å². The van der Waals surface area contributed by atoms with Crippen molar-refractivity contribution in [1.82, 2.24) is 10.2 Å². The molecule has 5 heteroatoms. The molecule has 112 valence electrons. The Kier molecular flexibility index (Phi) is 7.27. The van der Waals surface area contributed by atoms with Gasteiger partial charge in [-0.1, -0.05) is 12.1 Å². The van der Waals surface area contributed by atoms with Crippen molar-refractivity contribution in [3.8, 4) is 0 Å². The van der Waals surface area contributed by atoms with Gasteiger partial charge in [-0.15, -0.1) is 30.3 Å². The van der Waals surface area contributed by atoms with Gasteiger partial charge in [0.1, 0.15) is 0 Å². The van der Waals surface area contributed by atoms with Crippen molar-refractivity contribution >= 4 is 29.7 Å². The van der Waals surface area contributed by atoms with Crippen LogP contribution in [0.4, 0.5) is 0 Å². The first-order valence-electron chi connectivity index (χ1n) is 6.86. The van der Waals surface area contributed by atoms with Crippen LogP contribution in [0.5, 0.6) is 0 Å². The van der Waals surface area contributed by atoms with Crippen LogP contribution >= 0.6 is 23.7 Å². The van der Waals surface area contributed by atoms with E-state index >= 15 is 0 Å². The number of nitrogens with zero attached hydrogens (tertiary/aromatic N) is 1. The fraction of sp³-hybridized carbons (Fsp3) is 0.533. The van der Waals surface area contributed by atoms with E-state index in [1.807, 2.05) is 17.0 Å². The van der Waals surface area contributed by atoms with Gasteiger partial charge in [-0.05, 0) is 37.8 Å². The van der Waals surface area contributed by atoms with Crippen LogP contribution in [0.2, 0.25) is 0 Å². The number of thiophene rings is 1. The van der Waals surface area contributed by atoms with Gasteiger partial charge < -0.3 is 10.2 Å². The summed E-state index contributed by atoms with van der Waals surface area (Å²) in [6, 6.07) is 4.55. The zero-order chi connectivity index (χ0) is 13.7. The summed E-state index contributed by atoms with van der Waals surface area (Å²) in [5.74, 6) is 0.442. The van der Waals surface area contributed by atoms with Crippen molar-refractivity contribution in [3.05, 3.63) is 35.0 Å². The van der Waals surface area contributed by atoms with Crippen LogP contribution in [0.15, 0.2) is 30.2 Å². The van der Waals surface area contributed by atoms with E-state index < -0.39 is 0 Å². The average molecular weight is 315 g/mol. The maximum atomic E-state index is 12.6. The van der Waals surface area contributed by atoms with Gasteiger partial charge in [-0.2, -0.15) is 0 Å². The SMILES string of the molecule is C=CCN(Cc1cccs1)C(=O)[C@H]1CCN[C@@H](C)C1.Cl. The van der Waals surface area contributed by atoms with E-state index in [2.05, 4.69) is 30.3 Å². The highest BCUT2D eigenvalue weighted by atomic mass is 35.5. The molecule has 0 aromatic carbocycles. The van der Waals surface area contributed by atoms with Crippen molar-refractivity contribution < 1.29 is 4.79 Å². The first kappa shape index (κ1) is 17.2. The normalized spacial score (nSPS) is 21.9. The minimum Gasteiger partial charge on any atom is -0.334 e. The first-order valence-corrected chi connectivity index (χ1v) is 7.74. The van der Waals surface area contributed by atoms with Crippen molar-refractivity contribution in [2.75, 3.05) is 13.1 Å². The van der Waals surface area contributed by atoms with E-state index in [-0.39, 0.29) is 24.2 Å². The van der Waals surface area contributed by atoms with E-state index in [1.165, 1.54) is 4.88 Å². The van der Waals surface area contributed by atoms with E-state index in [0.29, 0.717) is 19.1 Å². The molecule has 0 saturated carbocycles. The molecular weight excluding hydrogens is 292 g/mol. The second kappa shape index (κ2) is 8.45. The van der Waals surface area contributed by atoms with Crippen LogP contribution in [0.3, 0.4) is 0 Å². The molecule has 20 heavy (non-hydrogen) atoms. The molecule has 0 unspecified atom stereocenters. The summed E-state index contributed by atoms with van der Waals surface area (Å²) in [5.41, 5.74) is 0. The van der Waals surface area contributed by atoms with Gasteiger partial charge in [0, 0.05) is 23.4 Å². The summed E-state index contributed by atoms with van der Waals surface area (Å²) < 4.78 is 0. The second-order valence-corrected chi connectivity index (χ2v) is 6.20. The lowest BCUT2D eigenvalue weighted by Gasteiger charge is -2.31. The fourth-order valence-electron chi connectivity index (χ4n) is 2.59. The third kappa shape index (κ3) is 4.62. The maximum absolute atomic E-state index is 12.6. The number of carbonyl (C=O) groups excluding carboxylic acids is 1. The lowest BCUT2D eigenvalue weighted by atomic mass is 9.92. The minimum atomic E-state index is 0. The van der Waals surface area contributed by atoms with Gasteiger partial charge in [0.15, 0.2) is 0 Å². The predicted molar refractivity (Wildman–Crippen MR) is 87.4 cm³/mol. The zero-order valence-corrected chi connectivity index (χ0v) is 13.5. The standard InChI is InChI=1S/C15H22N2OS.ClH/c1-3-8-17(11-14-5-4-9-19-14)15(18)13-6-7-16-12(2)10-13;/h3-5,9,12-13,16H,1,6-8,10-11H2,2H3;1H/t12-,13-;/m0./s1. The number of hydrogen-bond donors (Lipinski definition) is 1. The van der Waals surface area contributed by atoms with Gasteiger partial charge in [0.25, 0.3) is 0 Å². The van der Waals surface area contributed by atoms with E-state index in [0.717, 1.165) is 19.4 Å². The summed E-state index contributed by atoms with van der Waals surface area (Å²) in [6.07, 6.45) is 3.70. The highest BCUT2D eigenvalue weighted by Gasteiger charge is 2.28. The lowest BCUT2D eigenvalue weighted by molar-refractivity contribution is -0.136. The molecule has 1 aliphatic heterocycles. The molecule has 0 bridgehead atoms. The van der Waals surface area contributed by atoms with Crippen LogP contribution < -0.4 is 5.32 Å². The van der Waals surface area contributed by atoms with Crippen molar-refractivity contribution in [3.63, 3.8) is 0 Å². The second-order valence-electron chi connectivity index (χ2n) is 5.16. The zero-order valence-electron chi connectivity index (χ0n) is 11.9. The molecule has 1 amide bonds. The Hall–Kier alpha value is -0.840. The summed E-state index contributed by atoms with van der Waals surface area (Å²) in [4.78, 5) is 15.8. The maximum Gasteiger partial charge on any atom is 0.226 e. The average Bonchev–Trinajstić information content (AvgIpc) is 2.90. The van der Waals surface area contributed by atoms with Gasteiger partial charge >= 0.3 is 0 Å². The smallest absolute Gasteiger partial charge is 0.226 e. The number of nitrogens with one attached hydrogen (secondary N) is 1. The summed E-state index contributed by atoms with van der Waals surface area (Å²) >= 11 is 1.70. The highest BCUT2D eigenvalue weighted by molar-refractivity contribution is 7.09. The molecule has 2 rings (SSSR count). The summed E-state index contributed by atoms with van der Waals surface area (Å²) in [5, 5.41) is 5.45.